The van der Waals surface area contributed by atoms with Crippen LogP contribution in [0.3, 0.4) is 0 Å². The quantitative estimate of drug-likeness (QED) is 0.856. The Morgan fingerprint density at radius 3 is 3.15 bits per heavy atom. The molecule has 0 amide bonds. The van der Waals surface area contributed by atoms with Gasteiger partial charge in [-0.2, -0.15) is 4.98 Å². The van der Waals surface area contributed by atoms with Crippen molar-refractivity contribution in [3.63, 3.8) is 0 Å². The molecular formula is C14H20N4OS. The van der Waals surface area contributed by atoms with E-state index in [0.717, 1.165) is 55.0 Å². The van der Waals surface area contributed by atoms with E-state index in [2.05, 4.69) is 39.0 Å². The van der Waals surface area contributed by atoms with Crippen molar-refractivity contribution in [2.45, 2.75) is 32.3 Å². The van der Waals surface area contributed by atoms with Gasteiger partial charge in [-0.1, -0.05) is 6.92 Å². The molecule has 5 nitrogen and oxygen atoms in total. The number of thiophene rings is 1. The first-order valence-electron chi connectivity index (χ1n) is 7.21. The molecule has 2 aromatic rings. The zero-order valence-corrected chi connectivity index (χ0v) is 12.5. The molecule has 0 aromatic carbocycles. The fourth-order valence-electron chi connectivity index (χ4n) is 2.32. The van der Waals surface area contributed by atoms with Gasteiger partial charge in [0.25, 0.3) is 0 Å². The minimum absolute atomic E-state index is 0.311. The molecule has 0 aliphatic carbocycles. The maximum atomic E-state index is 5.64. The first kappa shape index (κ1) is 13.6. The molecule has 0 radical (unpaired) electrons. The molecule has 2 N–H and O–H groups in total. The lowest BCUT2D eigenvalue weighted by Gasteiger charge is -2.13. The van der Waals surface area contributed by atoms with Crippen molar-refractivity contribution < 1.29 is 4.74 Å². The van der Waals surface area contributed by atoms with Gasteiger partial charge in [0.15, 0.2) is 0 Å². The number of hydrogen-bond donors (Lipinski definition) is 2. The summed E-state index contributed by atoms with van der Waals surface area (Å²) in [4.78, 5) is 10.1. The maximum Gasteiger partial charge on any atom is 0.226 e. The molecule has 1 fully saturated rings. The molecule has 0 saturated carbocycles. The van der Waals surface area contributed by atoms with Crippen LogP contribution >= 0.6 is 11.3 Å². The number of aromatic nitrogens is 2. The average molecular weight is 292 g/mol. The van der Waals surface area contributed by atoms with Gasteiger partial charge in [0.1, 0.15) is 10.6 Å². The van der Waals surface area contributed by atoms with Crippen LogP contribution < -0.4 is 10.6 Å². The van der Waals surface area contributed by atoms with Crippen LogP contribution in [0.25, 0.3) is 10.2 Å². The molecule has 3 rings (SSSR count). The number of hydrogen-bond acceptors (Lipinski definition) is 6. The second kappa shape index (κ2) is 6.37. The van der Waals surface area contributed by atoms with E-state index in [1.807, 2.05) is 0 Å². The second-order valence-corrected chi connectivity index (χ2v) is 5.87. The highest BCUT2D eigenvalue weighted by molar-refractivity contribution is 7.16. The number of nitrogens with zero attached hydrogens (tertiary/aromatic N) is 2. The van der Waals surface area contributed by atoms with E-state index in [4.69, 9.17) is 4.74 Å². The molecular weight excluding hydrogens is 272 g/mol. The van der Waals surface area contributed by atoms with Crippen molar-refractivity contribution >= 4 is 33.3 Å². The second-order valence-electron chi connectivity index (χ2n) is 4.98. The van der Waals surface area contributed by atoms with E-state index in [1.165, 1.54) is 0 Å². The minimum atomic E-state index is 0.311. The van der Waals surface area contributed by atoms with Crippen molar-refractivity contribution in [1.82, 2.24) is 9.97 Å². The zero-order chi connectivity index (χ0) is 13.8. The van der Waals surface area contributed by atoms with Crippen LogP contribution in [-0.4, -0.2) is 35.8 Å². The highest BCUT2D eigenvalue weighted by Crippen LogP contribution is 2.26. The third kappa shape index (κ3) is 3.02. The Hall–Kier alpha value is -1.40. The van der Waals surface area contributed by atoms with E-state index < -0.39 is 0 Å². The van der Waals surface area contributed by atoms with Crippen molar-refractivity contribution in [3.05, 3.63) is 11.4 Å². The van der Waals surface area contributed by atoms with Crippen LogP contribution in [-0.2, 0) is 4.74 Å². The van der Waals surface area contributed by atoms with Gasteiger partial charge in [-0.3, -0.25) is 0 Å². The highest BCUT2D eigenvalue weighted by Gasteiger charge is 2.16. The van der Waals surface area contributed by atoms with Crippen molar-refractivity contribution in [3.8, 4) is 0 Å². The van der Waals surface area contributed by atoms with Gasteiger partial charge >= 0.3 is 0 Å². The first-order valence-corrected chi connectivity index (χ1v) is 8.09. The molecule has 1 aliphatic heterocycles. The molecule has 0 spiro atoms. The first-order chi connectivity index (χ1) is 9.86. The SMILES string of the molecule is CCCNc1nc(NCC2CCCO2)c2ccsc2n1. The predicted molar refractivity (Wildman–Crippen MR) is 83.7 cm³/mol. The van der Waals surface area contributed by atoms with Crippen molar-refractivity contribution in [1.29, 1.82) is 0 Å². The third-order valence-corrected chi connectivity index (χ3v) is 4.19. The third-order valence-electron chi connectivity index (χ3n) is 3.38. The number of ether oxygens (including phenoxy) is 1. The molecule has 20 heavy (non-hydrogen) atoms. The van der Waals surface area contributed by atoms with E-state index in [1.54, 1.807) is 11.3 Å². The summed E-state index contributed by atoms with van der Waals surface area (Å²) in [6.45, 7) is 4.72. The summed E-state index contributed by atoms with van der Waals surface area (Å²) >= 11 is 1.64. The summed E-state index contributed by atoms with van der Waals surface area (Å²) in [5.74, 6) is 1.61. The lowest BCUT2D eigenvalue weighted by Crippen LogP contribution is -2.19. The number of nitrogens with one attached hydrogen (secondary N) is 2. The summed E-state index contributed by atoms with van der Waals surface area (Å²) in [6, 6.07) is 2.07. The lowest BCUT2D eigenvalue weighted by atomic mass is 10.2. The summed E-state index contributed by atoms with van der Waals surface area (Å²) in [5, 5.41) is 9.83. The lowest BCUT2D eigenvalue weighted by molar-refractivity contribution is 0.120. The highest BCUT2D eigenvalue weighted by atomic mass is 32.1. The van der Waals surface area contributed by atoms with E-state index >= 15 is 0 Å². The minimum Gasteiger partial charge on any atom is -0.376 e. The Labute approximate surface area is 122 Å². The van der Waals surface area contributed by atoms with Gasteiger partial charge < -0.3 is 15.4 Å². The molecule has 2 aromatic heterocycles. The van der Waals surface area contributed by atoms with Crippen LogP contribution in [0.15, 0.2) is 11.4 Å². The Bertz CT molecular complexity index is 565. The van der Waals surface area contributed by atoms with Crippen molar-refractivity contribution in [2.24, 2.45) is 0 Å². The van der Waals surface area contributed by atoms with Gasteiger partial charge in [0.05, 0.1) is 11.5 Å². The summed E-state index contributed by atoms with van der Waals surface area (Å²) in [7, 11) is 0. The van der Waals surface area contributed by atoms with Crippen LogP contribution in [0.1, 0.15) is 26.2 Å². The van der Waals surface area contributed by atoms with E-state index in [9.17, 15) is 0 Å². The van der Waals surface area contributed by atoms with Gasteiger partial charge in [-0.25, -0.2) is 4.98 Å². The summed E-state index contributed by atoms with van der Waals surface area (Å²) in [5.41, 5.74) is 0. The number of anilines is 2. The Balaban J connectivity index is 1.77. The molecule has 1 unspecified atom stereocenters. The number of fused-ring (bicyclic) bond motifs is 1. The Morgan fingerprint density at radius 1 is 1.40 bits per heavy atom. The van der Waals surface area contributed by atoms with Crippen LogP contribution in [0.2, 0.25) is 0 Å². The fraction of sp³-hybridized carbons (Fsp3) is 0.571. The van der Waals surface area contributed by atoms with Crippen LogP contribution in [0, 0.1) is 0 Å². The molecule has 1 atom stereocenters. The molecule has 3 heterocycles. The standard InChI is InChI=1S/C14H20N4OS/c1-2-6-15-14-17-12(11-5-8-20-13(11)18-14)16-9-10-4-3-7-19-10/h5,8,10H,2-4,6-7,9H2,1H3,(H2,15,16,17,18). The van der Waals surface area contributed by atoms with Crippen LogP contribution in [0.5, 0.6) is 0 Å². The largest absolute Gasteiger partial charge is 0.376 e. The average Bonchev–Trinajstić information content (AvgIpc) is 3.13. The van der Waals surface area contributed by atoms with Gasteiger partial charge in [-0.05, 0) is 30.7 Å². The molecule has 1 saturated heterocycles. The molecule has 6 heteroatoms. The molecule has 108 valence electrons. The van der Waals surface area contributed by atoms with E-state index in [-0.39, 0.29) is 0 Å². The monoisotopic (exact) mass is 292 g/mol. The summed E-state index contributed by atoms with van der Waals surface area (Å²) < 4.78 is 5.64. The molecule has 0 bridgehead atoms. The Kier molecular flexibility index (Phi) is 4.32. The van der Waals surface area contributed by atoms with Gasteiger partial charge in [0.2, 0.25) is 5.95 Å². The van der Waals surface area contributed by atoms with E-state index in [0.29, 0.717) is 12.1 Å². The Morgan fingerprint density at radius 2 is 2.35 bits per heavy atom. The zero-order valence-electron chi connectivity index (χ0n) is 11.7. The van der Waals surface area contributed by atoms with Crippen LogP contribution in [0.4, 0.5) is 11.8 Å². The van der Waals surface area contributed by atoms with Gasteiger partial charge in [-0.15, -0.1) is 11.3 Å². The topological polar surface area (TPSA) is 59.1 Å². The predicted octanol–water partition coefficient (Wildman–Crippen LogP) is 3.10. The molecule has 1 aliphatic rings. The smallest absolute Gasteiger partial charge is 0.226 e. The van der Waals surface area contributed by atoms with Gasteiger partial charge in [0, 0.05) is 19.7 Å². The fourth-order valence-corrected chi connectivity index (χ4v) is 3.09. The summed E-state index contributed by atoms with van der Waals surface area (Å²) in [6.07, 6.45) is 3.66. The maximum absolute atomic E-state index is 5.64. The normalized spacial score (nSPS) is 18.6. The van der Waals surface area contributed by atoms with Crippen molar-refractivity contribution in [2.75, 3.05) is 30.3 Å². The number of rotatable bonds is 6.